The second-order valence-corrected chi connectivity index (χ2v) is 4.63. The molecule has 0 aliphatic heterocycles. The SMILES string of the molecule is CCNC(=NCc1ccc(NC(=O)OC)cc1)NCCOCC. The zero-order valence-electron chi connectivity index (χ0n) is 14.0. The summed E-state index contributed by atoms with van der Waals surface area (Å²) in [5, 5.41) is 9.00. The fourth-order valence-electron chi connectivity index (χ4n) is 1.76. The first-order valence-electron chi connectivity index (χ1n) is 7.73. The van der Waals surface area contributed by atoms with Crippen LogP contribution in [0.5, 0.6) is 0 Å². The van der Waals surface area contributed by atoms with E-state index < -0.39 is 6.09 Å². The van der Waals surface area contributed by atoms with E-state index >= 15 is 0 Å². The third kappa shape index (κ3) is 8.06. The molecule has 1 aromatic carbocycles. The van der Waals surface area contributed by atoms with Gasteiger partial charge in [0.05, 0.1) is 20.3 Å². The molecular weight excluding hydrogens is 296 g/mol. The van der Waals surface area contributed by atoms with Crippen LogP contribution in [0.2, 0.25) is 0 Å². The van der Waals surface area contributed by atoms with E-state index in [9.17, 15) is 4.79 Å². The molecule has 7 heteroatoms. The normalized spacial score (nSPS) is 11.0. The van der Waals surface area contributed by atoms with E-state index in [1.54, 1.807) is 0 Å². The average Bonchev–Trinajstić information content (AvgIpc) is 2.57. The van der Waals surface area contributed by atoms with Gasteiger partial charge >= 0.3 is 6.09 Å². The minimum absolute atomic E-state index is 0.483. The number of amides is 1. The molecule has 0 aliphatic carbocycles. The van der Waals surface area contributed by atoms with Gasteiger partial charge in [0.15, 0.2) is 5.96 Å². The van der Waals surface area contributed by atoms with Crippen molar-refractivity contribution < 1.29 is 14.3 Å². The molecule has 0 saturated heterocycles. The maximum Gasteiger partial charge on any atom is 0.411 e. The number of carbonyl (C=O) groups is 1. The molecule has 3 N–H and O–H groups in total. The third-order valence-corrected chi connectivity index (χ3v) is 2.89. The summed E-state index contributed by atoms with van der Waals surface area (Å²) in [6, 6.07) is 7.46. The van der Waals surface area contributed by atoms with E-state index in [0.717, 1.165) is 18.1 Å². The molecule has 0 fully saturated rings. The monoisotopic (exact) mass is 322 g/mol. The quantitative estimate of drug-likeness (QED) is 0.387. The predicted octanol–water partition coefficient (Wildman–Crippen LogP) is 1.96. The fourth-order valence-corrected chi connectivity index (χ4v) is 1.76. The van der Waals surface area contributed by atoms with Gasteiger partial charge in [0.2, 0.25) is 0 Å². The summed E-state index contributed by atoms with van der Waals surface area (Å²) in [6.45, 7) is 7.40. The summed E-state index contributed by atoms with van der Waals surface area (Å²) in [6.07, 6.45) is -0.483. The number of methoxy groups -OCH3 is 1. The van der Waals surface area contributed by atoms with Gasteiger partial charge in [0.1, 0.15) is 0 Å². The first kappa shape index (κ1) is 18.8. The van der Waals surface area contributed by atoms with Gasteiger partial charge in [0.25, 0.3) is 0 Å². The van der Waals surface area contributed by atoms with Crippen LogP contribution in [-0.2, 0) is 16.0 Å². The zero-order valence-corrected chi connectivity index (χ0v) is 14.0. The van der Waals surface area contributed by atoms with Crippen LogP contribution < -0.4 is 16.0 Å². The minimum Gasteiger partial charge on any atom is -0.453 e. The number of rotatable bonds is 8. The number of hydrogen-bond acceptors (Lipinski definition) is 4. The molecule has 0 unspecified atom stereocenters. The van der Waals surface area contributed by atoms with Crippen LogP contribution in [0.1, 0.15) is 19.4 Å². The molecule has 23 heavy (non-hydrogen) atoms. The minimum atomic E-state index is -0.483. The lowest BCUT2D eigenvalue weighted by molar-refractivity contribution is 0.152. The Kier molecular flexibility index (Phi) is 9.23. The number of nitrogens with zero attached hydrogens (tertiary/aromatic N) is 1. The summed E-state index contributed by atoms with van der Waals surface area (Å²) >= 11 is 0. The highest BCUT2D eigenvalue weighted by molar-refractivity contribution is 5.84. The van der Waals surface area contributed by atoms with Gasteiger partial charge < -0.3 is 20.1 Å². The highest BCUT2D eigenvalue weighted by Crippen LogP contribution is 2.10. The fraction of sp³-hybridized carbons (Fsp3) is 0.500. The molecule has 0 bridgehead atoms. The highest BCUT2D eigenvalue weighted by atomic mass is 16.5. The summed E-state index contributed by atoms with van der Waals surface area (Å²) in [7, 11) is 1.33. The first-order valence-corrected chi connectivity index (χ1v) is 7.73. The van der Waals surface area contributed by atoms with Crippen molar-refractivity contribution in [3.63, 3.8) is 0 Å². The van der Waals surface area contributed by atoms with Crippen LogP contribution in [0.4, 0.5) is 10.5 Å². The van der Waals surface area contributed by atoms with Gasteiger partial charge in [-0.05, 0) is 31.5 Å². The molecule has 128 valence electrons. The summed E-state index contributed by atoms with van der Waals surface area (Å²) in [5.41, 5.74) is 1.73. The number of benzene rings is 1. The molecule has 0 spiro atoms. The second kappa shape index (κ2) is 11.3. The topological polar surface area (TPSA) is 84.0 Å². The van der Waals surface area contributed by atoms with Gasteiger partial charge in [-0.3, -0.25) is 5.32 Å². The number of nitrogens with one attached hydrogen (secondary N) is 3. The molecule has 0 saturated carbocycles. The van der Waals surface area contributed by atoms with Crippen molar-refractivity contribution in [2.45, 2.75) is 20.4 Å². The highest BCUT2D eigenvalue weighted by Gasteiger charge is 2.01. The Hall–Kier alpha value is -2.28. The Bertz CT molecular complexity index is 489. The lowest BCUT2D eigenvalue weighted by atomic mass is 10.2. The maximum atomic E-state index is 11.1. The largest absolute Gasteiger partial charge is 0.453 e. The van der Waals surface area contributed by atoms with E-state index in [0.29, 0.717) is 32.0 Å². The number of anilines is 1. The van der Waals surface area contributed by atoms with E-state index in [1.807, 2.05) is 38.1 Å². The molecule has 1 aromatic rings. The standard InChI is InChI=1S/C16H26N4O3/c1-4-17-15(18-10-11-23-5-2)19-12-13-6-8-14(9-7-13)20-16(21)22-3/h6-9H,4-5,10-12H2,1-3H3,(H,20,21)(H2,17,18,19). The zero-order chi connectivity index (χ0) is 16.9. The van der Waals surface area contributed by atoms with Crippen LogP contribution in [0.25, 0.3) is 0 Å². The van der Waals surface area contributed by atoms with Crippen molar-refractivity contribution in [1.82, 2.24) is 10.6 Å². The molecule has 0 aliphatic rings. The number of ether oxygens (including phenoxy) is 2. The Labute approximate surface area is 137 Å². The Morgan fingerprint density at radius 2 is 1.91 bits per heavy atom. The number of carbonyl (C=O) groups excluding carboxylic acids is 1. The van der Waals surface area contributed by atoms with Crippen LogP contribution in [0.3, 0.4) is 0 Å². The number of aliphatic imine (C=N–C) groups is 1. The second-order valence-electron chi connectivity index (χ2n) is 4.63. The molecule has 0 heterocycles. The third-order valence-electron chi connectivity index (χ3n) is 2.89. The van der Waals surface area contributed by atoms with Gasteiger partial charge in [-0.25, -0.2) is 9.79 Å². The molecule has 1 amide bonds. The molecular formula is C16H26N4O3. The predicted molar refractivity (Wildman–Crippen MR) is 91.8 cm³/mol. The number of hydrogen-bond donors (Lipinski definition) is 3. The van der Waals surface area contributed by atoms with E-state index in [-0.39, 0.29) is 0 Å². The van der Waals surface area contributed by atoms with E-state index in [1.165, 1.54) is 7.11 Å². The van der Waals surface area contributed by atoms with Crippen molar-refractivity contribution in [3.8, 4) is 0 Å². The van der Waals surface area contributed by atoms with Crippen LogP contribution >= 0.6 is 0 Å². The molecule has 7 nitrogen and oxygen atoms in total. The number of guanidine groups is 1. The first-order chi connectivity index (χ1) is 11.2. The lowest BCUT2D eigenvalue weighted by Crippen LogP contribution is -2.39. The summed E-state index contributed by atoms with van der Waals surface area (Å²) in [5.74, 6) is 0.754. The average molecular weight is 322 g/mol. The van der Waals surface area contributed by atoms with Crippen molar-refractivity contribution in [2.75, 3.05) is 38.7 Å². The smallest absolute Gasteiger partial charge is 0.411 e. The van der Waals surface area contributed by atoms with Gasteiger partial charge in [0, 0.05) is 25.4 Å². The summed E-state index contributed by atoms with van der Waals surface area (Å²) < 4.78 is 9.84. The van der Waals surface area contributed by atoms with Crippen molar-refractivity contribution >= 4 is 17.7 Å². The van der Waals surface area contributed by atoms with Crippen LogP contribution in [-0.4, -0.2) is 45.5 Å². The van der Waals surface area contributed by atoms with E-state index in [4.69, 9.17) is 4.74 Å². The van der Waals surface area contributed by atoms with Crippen LogP contribution in [0, 0.1) is 0 Å². The molecule has 0 aromatic heterocycles. The maximum absolute atomic E-state index is 11.1. The van der Waals surface area contributed by atoms with Gasteiger partial charge in [-0.15, -0.1) is 0 Å². The van der Waals surface area contributed by atoms with E-state index in [2.05, 4.69) is 25.7 Å². The van der Waals surface area contributed by atoms with Crippen molar-refractivity contribution in [3.05, 3.63) is 29.8 Å². The molecule has 0 atom stereocenters. The Morgan fingerprint density at radius 3 is 2.52 bits per heavy atom. The van der Waals surface area contributed by atoms with Crippen molar-refractivity contribution in [2.24, 2.45) is 4.99 Å². The van der Waals surface area contributed by atoms with Crippen LogP contribution in [0.15, 0.2) is 29.3 Å². The molecule has 0 radical (unpaired) electrons. The summed E-state index contributed by atoms with van der Waals surface area (Å²) in [4.78, 5) is 15.6. The Balaban J connectivity index is 2.52. The Morgan fingerprint density at radius 1 is 1.17 bits per heavy atom. The van der Waals surface area contributed by atoms with Crippen molar-refractivity contribution in [1.29, 1.82) is 0 Å². The van der Waals surface area contributed by atoms with Gasteiger partial charge in [-0.1, -0.05) is 12.1 Å². The molecule has 1 rings (SSSR count). The van der Waals surface area contributed by atoms with Gasteiger partial charge in [-0.2, -0.15) is 0 Å². The lowest BCUT2D eigenvalue weighted by Gasteiger charge is -2.11.